The summed E-state index contributed by atoms with van der Waals surface area (Å²) in [6.45, 7) is 3.37. The molecule has 1 fully saturated rings. The highest BCUT2D eigenvalue weighted by molar-refractivity contribution is 5.77. The van der Waals surface area contributed by atoms with Gasteiger partial charge in [-0.1, -0.05) is 60.7 Å². The minimum absolute atomic E-state index is 0.0873. The van der Waals surface area contributed by atoms with Crippen molar-refractivity contribution in [2.24, 2.45) is 0 Å². The minimum Gasteiger partial charge on any atom is -0.374 e. The van der Waals surface area contributed by atoms with Crippen LogP contribution in [0.2, 0.25) is 0 Å². The monoisotopic (exact) mass is 323 g/mol. The molecule has 0 radical (unpaired) electrons. The number of benzene rings is 2. The van der Waals surface area contributed by atoms with Gasteiger partial charge in [0, 0.05) is 19.4 Å². The summed E-state index contributed by atoms with van der Waals surface area (Å²) in [5, 5.41) is 0. The quantitative estimate of drug-likeness (QED) is 0.843. The number of morpholine rings is 1. The van der Waals surface area contributed by atoms with Crippen LogP contribution < -0.4 is 0 Å². The fraction of sp³-hybridized carbons (Fsp3) is 0.381. The molecule has 2 aromatic rings. The van der Waals surface area contributed by atoms with E-state index >= 15 is 0 Å². The summed E-state index contributed by atoms with van der Waals surface area (Å²) in [5.74, 6) is 0.229. The highest BCUT2D eigenvalue weighted by Gasteiger charge is 2.29. The first-order valence-electron chi connectivity index (χ1n) is 8.71. The highest BCUT2D eigenvalue weighted by atomic mass is 16.5. The topological polar surface area (TPSA) is 29.5 Å². The first-order valence-corrected chi connectivity index (χ1v) is 8.71. The Hall–Kier alpha value is -2.13. The van der Waals surface area contributed by atoms with Crippen molar-refractivity contribution in [1.82, 2.24) is 4.90 Å². The van der Waals surface area contributed by atoms with E-state index in [0.29, 0.717) is 19.6 Å². The number of rotatable bonds is 5. The van der Waals surface area contributed by atoms with Gasteiger partial charge in [0.2, 0.25) is 5.91 Å². The van der Waals surface area contributed by atoms with Crippen LogP contribution in [0.5, 0.6) is 0 Å². The summed E-state index contributed by atoms with van der Waals surface area (Å²) in [7, 11) is 0. The Morgan fingerprint density at radius 2 is 1.67 bits per heavy atom. The van der Waals surface area contributed by atoms with Gasteiger partial charge < -0.3 is 9.64 Å². The normalized spacial score (nSPS) is 20.8. The lowest BCUT2D eigenvalue weighted by atomic mass is 10.0. The van der Waals surface area contributed by atoms with Crippen LogP contribution in [0.1, 0.15) is 24.5 Å². The van der Waals surface area contributed by atoms with Crippen molar-refractivity contribution in [2.75, 3.05) is 13.2 Å². The maximum absolute atomic E-state index is 12.7. The van der Waals surface area contributed by atoms with Crippen molar-refractivity contribution < 1.29 is 9.53 Å². The Labute approximate surface area is 144 Å². The van der Waals surface area contributed by atoms with Crippen molar-refractivity contribution in [3.8, 4) is 0 Å². The lowest BCUT2D eigenvalue weighted by Gasteiger charge is -2.38. The molecule has 24 heavy (non-hydrogen) atoms. The van der Waals surface area contributed by atoms with E-state index in [4.69, 9.17) is 4.74 Å². The molecule has 1 aliphatic heterocycles. The first-order chi connectivity index (χ1) is 11.7. The van der Waals surface area contributed by atoms with E-state index in [9.17, 15) is 4.79 Å². The summed E-state index contributed by atoms with van der Waals surface area (Å²) < 4.78 is 5.94. The molecule has 2 unspecified atom stereocenters. The molecule has 126 valence electrons. The van der Waals surface area contributed by atoms with Crippen LogP contribution in [-0.4, -0.2) is 36.1 Å². The zero-order valence-electron chi connectivity index (χ0n) is 14.2. The predicted molar refractivity (Wildman–Crippen MR) is 95.8 cm³/mol. The number of carbonyl (C=O) groups is 1. The Bertz CT molecular complexity index is 641. The van der Waals surface area contributed by atoms with Gasteiger partial charge in [-0.15, -0.1) is 0 Å². The van der Waals surface area contributed by atoms with E-state index in [0.717, 1.165) is 12.8 Å². The first kappa shape index (κ1) is 16.7. The molecular formula is C21H25NO2. The van der Waals surface area contributed by atoms with Gasteiger partial charge >= 0.3 is 0 Å². The van der Waals surface area contributed by atoms with Crippen molar-refractivity contribution in [2.45, 2.75) is 38.3 Å². The smallest absolute Gasteiger partial charge is 0.223 e. The van der Waals surface area contributed by atoms with E-state index < -0.39 is 0 Å². The van der Waals surface area contributed by atoms with Crippen LogP contribution in [0.4, 0.5) is 0 Å². The lowest BCUT2D eigenvalue weighted by Crippen LogP contribution is -2.51. The largest absolute Gasteiger partial charge is 0.374 e. The van der Waals surface area contributed by atoms with Crippen molar-refractivity contribution in [3.63, 3.8) is 0 Å². The Morgan fingerprint density at radius 3 is 2.33 bits per heavy atom. The van der Waals surface area contributed by atoms with Crippen LogP contribution >= 0.6 is 0 Å². The summed E-state index contributed by atoms with van der Waals surface area (Å²) in [4.78, 5) is 14.7. The van der Waals surface area contributed by atoms with E-state index in [-0.39, 0.29) is 18.1 Å². The summed E-state index contributed by atoms with van der Waals surface area (Å²) in [6, 6.07) is 20.7. The van der Waals surface area contributed by atoms with E-state index in [1.54, 1.807) is 0 Å². The van der Waals surface area contributed by atoms with Crippen LogP contribution in [0.25, 0.3) is 0 Å². The van der Waals surface area contributed by atoms with Crippen LogP contribution in [-0.2, 0) is 22.4 Å². The van der Waals surface area contributed by atoms with Crippen molar-refractivity contribution in [1.29, 1.82) is 0 Å². The van der Waals surface area contributed by atoms with E-state index in [2.05, 4.69) is 31.2 Å². The number of amides is 1. The number of carbonyl (C=O) groups excluding carboxylic acids is 1. The van der Waals surface area contributed by atoms with Gasteiger partial charge in [-0.3, -0.25) is 4.79 Å². The summed E-state index contributed by atoms with van der Waals surface area (Å²) >= 11 is 0. The number of hydrogen-bond acceptors (Lipinski definition) is 2. The zero-order chi connectivity index (χ0) is 16.8. The van der Waals surface area contributed by atoms with Gasteiger partial charge in [0.25, 0.3) is 0 Å². The number of nitrogens with zero attached hydrogens (tertiary/aromatic N) is 1. The van der Waals surface area contributed by atoms with Crippen LogP contribution in [0.3, 0.4) is 0 Å². The Balaban J connectivity index is 1.56. The van der Waals surface area contributed by atoms with Crippen molar-refractivity contribution in [3.05, 3.63) is 71.8 Å². The fourth-order valence-electron chi connectivity index (χ4n) is 3.20. The lowest BCUT2D eigenvalue weighted by molar-refractivity contribution is -0.144. The SMILES string of the molecule is CC1COC(Cc2ccccc2)CN1C(=O)CCc1ccccc1. The molecule has 1 aliphatic rings. The number of aryl methyl sites for hydroxylation is 1. The second-order valence-corrected chi connectivity index (χ2v) is 6.53. The average molecular weight is 323 g/mol. The minimum atomic E-state index is 0.0873. The van der Waals surface area contributed by atoms with Gasteiger partial charge in [0.15, 0.2) is 0 Å². The molecule has 1 saturated heterocycles. The Morgan fingerprint density at radius 1 is 1.04 bits per heavy atom. The molecule has 1 heterocycles. The van der Waals surface area contributed by atoms with E-state index in [1.807, 2.05) is 41.3 Å². The molecule has 2 aromatic carbocycles. The molecule has 3 nitrogen and oxygen atoms in total. The molecular weight excluding hydrogens is 298 g/mol. The van der Waals surface area contributed by atoms with Gasteiger partial charge in [-0.2, -0.15) is 0 Å². The maximum atomic E-state index is 12.7. The second-order valence-electron chi connectivity index (χ2n) is 6.53. The summed E-state index contributed by atoms with van der Waals surface area (Å²) in [6.07, 6.45) is 2.31. The number of hydrogen-bond donors (Lipinski definition) is 0. The van der Waals surface area contributed by atoms with Gasteiger partial charge in [0.1, 0.15) is 0 Å². The molecule has 0 aliphatic carbocycles. The molecule has 0 N–H and O–H groups in total. The third-order valence-electron chi connectivity index (χ3n) is 4.60. The fourth-order valence-corrected chi connectivity index (χ4v) is 3.20. The maximum Gasteiger partial charge on any atom is 0.223 e. The third kappa shape index (κ3) is 4.45. The molecule has 3 rings (SSSR count). The van der Waals surface area contributed by atoms with Gasteiger partial charge in [-0.25, -0.2) is 0 Å². The molecule has 0 aromatic heterocycles. The van der Waals surface area contributed by atoms with Crippen LogP contribution in [0.15, 0.2) is 60.7 Å². The third-order valence-corrected chi connectivity index (χ3v) is 4.60. The standard InChI is InChI=1S/C21H25NO2/c1-17-16-24-20(14-19-10-6-3-7-11-19)15-22(17)21(23)13-12-18-8-4-2-5-9-18/h2-11,17,20H,12-16H2,1H3. The Kier molecular flexibility index (Phi) is 5.65. The second kappa shape index (κ2) is 8.11. The molecule has 2 atom stereocenters. The highest BCUT2D eigenvalue weighted by Crippen LogP contribution is 2.17. The summed E-state index contributed by atoms with van der Waals surface area (Å²) in [5.41, 5.74) is 2.47. The molecule has 0 bridgehead atoms. The molecule has 0 saturated carbocycles. The van der Waals surface area contributed by atoms with Gasteiger partial charge in [-0.05, 0) is 24.5 Å². The van der Waals surface area contributed by atoms with Crippen molar-refractivity contribution >= 4 is 5.91 Å². The molecule has 3 heteroatoms. The number of ether oxygens (including phenoxy) is 1. The molecule has 0 spiro atoms. The molecule has 1 amide bonds. The van der Waals surface area contributed by atoms with Crippen LogP contribution in [0, 0.1) is 0 Å². The average Bonchev–Trinajstić information content (AvgIpc) is 2.63. The predicted octanol–water partition coefficient (Wildman–Crippen LogP) is 3.48. The van der Waals surface area contributed by atoms with Gasteiger partial charge in [0.05, 0.1) is 18.8 Å². The van der Waals surface area contributed by atoms with E-state index in [1.165, 1.54) is 11.1 Å². The zero-order valence-corrected chi connectivity index (χ0v) is 14.2.